The Bertz CT molecular complexity index is 798. The summed E-state index contributed by atoms with van der Waals surface area (Å²) >= 11 is 5.23. The molecule has 2 heterocycles. The summed E-state index contributed by atoms with van der Waals surface area (Å²) in [5.41, 5.74) is 0.637. The molecule has 2 aromatic carbocycles. The summed E-state index contributed by atoms with van der Waals surface area (Å²) < 4.78 is 16.4. The van der Waals surface area contributed by atoms with Crippen molar-refractivity contribution in [2.24, 2.45) is 0 Å². The van der Waals surface area contributed by atoms with Gasteiger partial charge in [0.05, 0.1) is 6.54 Å². The normalized spacial score (nSPS) is 22.6. The fourth-order valence-electron chi connectivity index (χ4n) is 3.29. The van der Waals surface area contributed by atoms with Gasteiger partial charge in [-0.2, -0.15) is 0 Å². The van der Waals surface area contributed by atoms with Crippen LogP contribution in [0.2, 0.25) is 0 Å². The average molecular weight is 488 g/mol. The van der Waals surface area contributed by atoms with E-state index in [1.165, 1.54) is 12.1 Å². The Morgan fingerprint density at radius 3 is 2.48 bits per heavy atom. The molecule has 1 atom stereocenters. The number of aliphatic hydroxyl groups is 1. The van der Waals surface area contributed by atoms with Gasteiger partial charge in [0, 0.05) is 15.8 Å². The maximum absolute atomic E-state index is 13.3. The lowest BCUT2D eigenvalue weighted by atomic mass is 10.0. The second kappa shape index (κ2) is 7.39. The molecule has 2 aromatic rings. The van der Waals surface area contributed by atoms with Gasteiger partial charge < -0.3 is 22.1 Å². The lowest BCUT2D eigenvalue weighted by Crippen LogP contribution is -3.00. The molecule has 4 rings (SSSR count). The van der Waals surface area contributed by atoms with Gasteiger partial charge >= 0.3 is 5.17 Å². The fraction of sp³-hybridized carbons (Fsp3) is 0.278. The number of hydrogen-bond acceptors (Lipinski definition) is 3. The van der Waals surface area contributed by atoms with E-state index >= 15 is 0 Å². The van der Waals surface area contributed by atoms with E-state index < -0.39 is 5.72 Å². The third-order valence-corrected chi connectivity index (χ3v) is 6.21. The number of amidine groups is 1. The van der Waals surface area contributed by atoms with Crippen molar-refractivity contribution in [3.05, 3.63) is 64.4 Å². The predicted molar refractivity (Wildman–Crippen MR) is 99.0 cm³/mol. The fourth-order valence-corrected chi connectivity index (χ4v) is 4.73. The van der Waals surface area contributed by atoms with Crippen LogP contribution in [-0.2, 0) is 5.72 Å². The first-order chi connectivity index (χ1) is 11.6. The lowest BCUT2D eigenvalue weighted by Gasteiger charge is -2.24. The summed E-state index contributed by atoms with van der Waals surface area (Å²) in [6, 6.07) is 14.3. The number of nitrogens with zero attached hydrogens (tertiary/aromatic N) is 2. The highest BCUT2D eigenvalue weighted by Gasteiger charge is 2.53. The number of β-amino-alcohol motifs (C(OH)–C–C–N with tert-alkyl or cyclic N) is 1. The van der Waals surface area contributed by atoms with Crippen LogP contribution in [0.25, 0.3) is 0 Å². The molecule has 1 N–H and O–H groups in total. The van der Waals surface area contributed by atoms with Crippen molar-refractivity contribution in [3.63, 3.8) is 0 Å². The molecule has 0 spiro atoms. The third kappa shape index (κ3) is 3.39. The quantitative estimate of drug-likeness (QED) is 0.633. The summed E-state index contributed by atoms with van der Waals surface area (Å²) in [4.78, 5) is 2.15. The largest absolute Gasteiger partial charge is 1.00 e. The van der Waals surface area contributed by atoms with Gasteiger partial charge in [0.1, 0.15) is 11.5 Å². The van der Waals surface area contributed by atoms with E-state index in [0.717, 1.165) is 39.6 Å². The Balaban J connectivity index is 0.00000182. The molecule has 0 radical (unpaired) electrons. The Kier molecular flexibility index (Phi) is 5.58. The molecule has 3 nitrogen and oxygen atoms in total. The van der Waals surface area contributed by atoms with Gasteiger partial charge in [0.25, 0.3) is 5.72 Å². The Morgan fingerprint density at radius 2 is 1.80 bits per heavy atom. The molecule has 132 valence electrons. The monoisotopic (exact) mass is 486 g/mol. The predicted octanol–water partition coefficient (Wildman–Crippen LogP) is 0.763. The molecule has 25 heavy (non-hydrogen) atoms. The summed E-state index contributed by atoms with van der Waals surface area (Å²) in [5.74, 6) is 0.751. The van der Waals surface area contributed by atoms with E-state index in [1.807, 2.05) is 24.3 Å². The van der Waals surface area contributed by atoms with Crippen LogP contribution in [0.1, 0.15) is 12.0 Å². The van der Waals surface area contributed by atoms with Gasteiger partial charge in [0.2, 0.25) is 0 Å². The maximum atomic E-state index is 13.3. The van der Waals surface area contributed by atoms with E-state index in [2.05, 4.69) is 25.4 Å². The van der Waals surface area contributed by atoms with Crippen LogP contribution < -0.4 is 21.9 Å². The summed E-state index contributed by atoms with van der Waals surface area (Å²) in [5, 5.41) is 12.5. The second-order valence-corrected chi connectivity index (χ2v) is 8.00. The topological polar surface area (TPSA) is 26.5 Å². The van der Waals surface area contributed by atoms with E-state index in [-0.39, 0.29) is 22.8 Å². The highest BCUT2D eigenvalue weighted by Crippen LogP contribution is 2.37. The minimum absolute atomic E-state index is 0. The van der Waals surface area contributed by atoms with Gasteiger partial charge in [0.15, 0.2) is 6.54 Å². The van der Waals surface area contributed by atoms with Crippen molar-refractivity contribution in [1.29, 1.82) is 0 Å². The summed E-state index contributed by atoms with van der Waals surface area (Å²) in [7, 11) is 0. The van der Waals surface area contributed by atoms with Crippen LogP contribution in [-0.4, -0.2) is 33.7 Å². The van der Waals surface area contributed by atoms with Crippen LogP contribution in [0.5, 0.6) is 0 Å². The molecule has 0 fully saturated rings. The summed E-state index contributed by atoms with van der Waals surface area (Å²) in [6.45, 7) is 1.23. The molecular weight excluding hydrogens is 471 g/mol. The number of thioether (sulfide) groups is 1. The smallest absolute Gasteiger partial charge is 0.316 e. The first-order valence-electron chi connectivity index (χ1n) is 7.87. The average Bonchev–Trinajstić information content (AvgIpc) is 2.91. The van der Waals surface area contributed by atoms with E-state index in [1.54, 1.807) is 23.9 Å². The number of halogens is 3. The van der Waals surface area contributed by atoms with Crippen molar-refractivity contribution in [2.45, 2.75) is 12.1 Å². The van der Waals surface area contributed by atoms with E-state index in [9.17, 15) is 9.50 Å². The molecule has 0 saturated carbocycles. The minimum Gasteiger partial charge on any atom is -1.00 e. The van der Waals surface area contributed by atoms with Crippen LogP contribution in [0.15, 0.2) is 53.0 Å². The lowest BCUT2D eigenvalue weighted by molar-refractivity contribution is -0.656. The molecule has 2 aliphatic heterocycles. The van der Waals surface area contributed by atoms with E-state index in [0.29, 0.717) is 6.54 Å². The van der Waals surface area contributed by atoms with Gasteiger partial charge in [-0.05, 0) is 66.7 Å². The van der Waals surface area contributed by atoms with Gasteiger partial charge in [-0.25, -0.2) is 13.9 Å². The van der Waals surface area contributed by atoms with Crippen molar-refractivity contribution < 1.29 is 31.1 Å². The zero-order valence-electron chi connectivity index (χ0n) is 13.3. The van der Waals surface area contributed by atoms with Crippen LogP contribution in [0, 0.1) is 5.82 Å². The molecule has 7 heteroatoms. The standard InChI is InChI=1S/C18H17BrFN2OS.BrH/c19-14-4-8-16(9-5-14)21-12-18(23,13-2-6-15(20)7-3-13)22-10-1-11-24-17(21)22;/h2-9,23H,1,10-12H2;1H/q+1;/p-1. The first-order valence-corrected chi connectivity index (χ1v) is 9.65. The minimum atomic E-state index is -1.14. The number of anilines is 1. The van der Waals surface area contributed by atoms with Crippen LogP contribution >= 0.6 is 27.7 Å². The van der Waals surface area contributed by atoms with Gasteiger partial charge in [-0.15, -0.1) is 0 Å². The third-order valence-electron chi connectivity index (χ3n) is 4.49. The molecule has 0 aliphatic carbocycles. The molecule has 0 aromatic heterocycles. The Morgan fingerprint density at radius 1 is 1.12 bits per heavy atom. The highest BCUT2D eigenvalue weighted by atomic mass is 79.9. The Labute approximate surface area is 169 Å². The molecule has 1 unspecified atom stereocenters. The Hall–Kier alpha value is -0.890. The van der Waals surface area contributed by atoms with Crippen LogP contribution in [0.3, 0.4) is 0 Å². The van der Waals surface area contributed by atoms with Crippen LogP contribution in [0.4, 0.5) is 10.1 Å². The molecule has 0 bridgehead atoms. The van der Waals surface area contributed by atoms with Crippen molar-refractivity contribution in [1.82, 2.24) is 0 Å². The zero-order chi connectivity index (χ0) is 16.7. The molecule has 2 aliphatic rings. The number of hydrogen-bond donors (Lipinski definition) is 1. The molecule has 0 amide bonds. The second-order valence-electron chi connectivity index (χ2n) is 6.02. The molecule has 0 saturated heterocycles. The number of rotatable bonds is 2. The van der Waals surface area contributed by atoms with Crippen molar-refractivity contribution in [3.8, 4) is 0 Å². The van der Waals surface area contributed by atoms with E-state index in [4.69, 9.17) is 0 Å². The van der Waals surface area contributed by atoms with Crippen molar-refractivity contribution in [2.75, 3.05) is 23.7 Å². The van der Waals surface area contributed by atoms with Gasteiger partial charge in [-0.1, -0.05) is 15.9 Å². The molecular formula is C18H17Br2FN2OS. The summed E-state index contributed by atoms with van der Waals surface area (Å²) in [6.07, 6.45) is 1.02. The SMILES string of the molecule is OC1(c2ccc(F)cc2)CN(c2ccc(Br)cc2)C2=[N+]1CCCS2.[Br-]. The maximum Gasteiger partial charge on any atom is 0.316 e. The first kappa shape index (κ1) is 18.9. The highest BCUT2D eigenvalue weighted by molar-refractivity contribution is 9.10. The zero-order valence-corrected chi connectivity index (χ0v) is 17.3. The van der Waals surface area contributed by atoms with Crippen molar-refractivity contribution >= 4 is 38.5 Å². The number of benzene rings is 2. The van der Waals surface area contributed by atoms with Gasteiger partial charge in [-0.3, -0.25) is 0 Å².